The fourth-order valence-corrected chi connectivity index (χ4v) is 3.29. The maximum absolute atomic E-state index is 12.1. The predicted molar refractivity (Wildman–Crippen MR) is 81.9 cm³/mol. The summed E-state index contributed by atoms with van der Waals surface area (Å²) in [5, 5.41) is 10.6. The number of rotatable bonds is 5. The third kappa shape index (κ3) is 3.84. The van der Waals surface area contributed by atoms with Gasteiger partial charge in [-0.1, -0.05) is 34.7 Å². The van der Waals surface area contributed by atoms with Crippen LogP contribution in [0.5, 0.6) is 5.75 Å². The average Bonchev–Trinajstić information content (AvgIpc) is 2.91. The van der Waals surface area contributed by atoms with E-state index in [1.165, 1.54) is 23.1 Å². The molecule has 2 aromatic rings. The number of aromatic nitrogens is 2. The van der Waals surface area contributed by atoms with Crippen LogP contribution in [-0.4, -0.2) is 28.5 Å². The van der Waals surface area contributed by atoms with Crippen molar-refractivity contribution in [2.45, 2.75) is 16.5 Å². The van der Waals surface area contributed by atoms with Crippen molar-refractivity contribution in [2.24, 2.45) is 0 Å². The summed E-state index contributed by atoms with van der Waals surface area (Å²) in [5.74, 6) is 0.451. The van der Waals surface area contributed by atoms with E-state index in [1.807, 2.05) is 6.92 Å². The monoisotopic (exact) mass is 329 g/mol. The summed E-state index contributed by atoms with van der Waals surface area (Å²) in [7, 11) is 1.54. The maximum Gasteiger partial charge on any atom is 0.237 e. The minimum Gasteiger partial charge on any atom is -0.495 e. The molecule has 8 heteroatoms. The van der Waals surface area contributed by atoms with E-state index >= 15 is 0 Å². The van der Waals surface area contributed by atoms with Crippen LogP contribution in [0, 0.1) is 0 Å². The maximum atomic E-state index is 12.1. The fourth-order valence-electron chi connectivity index (χ4n) is 1.41. The molecule has 1 atom stereocenters. The SMILES string of the molecule is COc1ccc(NC(=O)[C@@H](C)Sc2nncs2)cc1Cl. The van der Waals surface area contributed by atoms with Crippen LogP contribution in [0.15, 0.2) is 28.0 Å². The summed E-state index contributed by atoms with van der Waals surface area (Å²) >= 11 is 8.78. The second-order valence-electron chi connectivity index (χ2n) is 3.80. The molecular formula is C12H12ClN3O2S2. The lowest BCUT2D eigenvalue weighted by Crippen LogP contribution is -2.22. The van der Waals surface area contributed by atoms with Gasteiger partial charge in [-0.2, -0.15) is 0 Å². The number of methoxy groups -OCH3 is 1. The van der Waals surface area contributed by atoms with Crippen molar-refractivity contribution in [3.05, 3.63) is 28.7 Å². The van der Waals surface area contributed by atoms with Crippen LogP contribution in [0.4, 0.5) is 5.69 Å². The Morgan fingerprint density at radius 1 is 1.55 bits per heavy atom. The van der Waals surface area contributed by atoms with E-state index in [-0.39, 0.29) is 11.2 Å². The van der Waals surface area contributed by atoms with E-state index in [2.05, 4.69) is 15.5 Å². The van der Waals surface area contributed by atoms with Gasteiger partial charge in [0.05, 0.1) is 17.4 Å². The van der Waals surface area contributed by atoms with Crippen molar-refractivity contribution >= 4 is 46.3 Å². The number of nitrogens with one attached hydrogen (secondary N) is 1. The number of amides is 1. The smallest absolute Gasteiger partial charge is 0.237 e. The zero-order valence-corrected chi connectivity index (χ0v) is 13.2. The lowest BCUT2D eigenvalue weighted by Gasteiger charge is -2.11. The molecule has 0 saturated heterocycles. The van der Waals surface area contributed by atoms with Crippen molar-refractivity contribution in [3.8, 4) is 5.75 Å². The van der Waals surface area contributed by atoms with Crippen molar-refractivity contribution in [3.63, 3.8) is 0 Å². The quantitative estimate of drug-likeness (QED) is 0.852. The molecular weight excluding hydrogens is 318 g/mol. The number of hydrogen-bond donors (Lipinski definition) is 1. The Kier molecular flexibility index (Phi) is 5.22. The minimum atomic E-state index is -0.274. The van der Waals surface area contributed by atoms with Crippen LogP contribution in [0.25, 0.3) is 0 Å². The topological polar surface area (TPSA) is 64.1 Å². The average molecular weight is 330 g/mol. The summed E-state index contributed by atoms with van der Waals surface area (Å²) < 4.78 is 5.82. The fraction of sp³-hybridized carbons (Fsp3) is 0.250. The van der Waals surface area contributed by atoms with Crippen LogP contribution < -0.4 is 10.1 Å². The number of thioether (sulfide) groups is 1. The zero-order chi connectivity index (χ0) is 14.5. The molecule has 0 bridgehead atoms. The molecule has 5 nitrogen and oxygen atoms in total. The van der Waals surface area contributed by atoms with Gasteiger partial charge in [0.15, 0.2) is 4.34 Å². The summed E-state index contributed by atoms with van der Waals surface area (Å²) in [5.41, 5.74) is 2.27. The highest BCUT2D eigenvalue weighted by Crippen LogP contribution is 2.28. The minimum absolute atomic E-state index is 0.119. The van der Waals surface area contributed by atoms with Gasteiger partial charge in [0.1, 0.15) is 11.3 Å². The van der Waals surface area contributed by atoms with Gasteiger partial charge in [-0.05, 0) is 25.1 Å². The van der Waals surface area contributed by atoms with E-state index in [9.17, 15) is 4.79 Å². The molecule has 1 heterocycles. The van der Waals surface area contributed by atoms with Crippen molar-refractivity contribution in [1.29, 1.82) is 0 Å². The molecule has 1 aromatic carbocycles. The molecule has 106 valence electrons. The van der Waals surface area contributed by atoms with Crippen molar-refractivity contribution in [1.82, 2.24) is 10.2 Å². The van der Waals surface area contributed by atoms with Gasteiger partial charge in [0.2, 0.25) is 5.91 Å². The Balaban J connectivity index is 1.98. The lowest BCUT2D eigenvalue weighted by atomic mass is 10.3. The number of anilines is 1. The second kappa shape index (κ2) is 6.92. The van der Waals surface area contributed by atoms with Gasteiger partial charge in [-0.15, -0.1) is 10.2 Å². The van der Waals surface area contributed by atoms with E-state index < -0.39 is 0 Å². The number of ether oxygens (including phenoxy) is 1. The number of carbonyl (C=O) groups excluding carboxylic acids is 1. The Morgan fingerprint density at radius 3 is 2.95 bits per heavy atom. The normalized spacial score (nSPS) is 11.9. The van der Waals surface area contributed by atoms with Crippen molar-refractivity contribution in [2.75, 3.05) is 12.4 Å². The van der Waals surface area contributed by atoms with Crippen molar-refractivity contribution < 1.29 is 9.53 Å². The molecule has 1 N–H and O–H groups in total. The Labute approximate surface area is 129 Å². The van der Waals surface area contributed by atoms with Gasteiger partial charge in [0.25, 0.3) is 0 Å². The molecule has 0 radical (unpaired) electrons. The van der Waals surface area contributed by atoms with Crippen LogP contribution in [-0.2, 0) is 4.79 Å². The van der Waals surface area contributed by atoms with E-state index in [4.69, 9.17) is 16.3 Å². The highest BCUT2D eigenvalue weighted by atomic mass is 35.5. The molecule has 1 aromatic heterocycles. The van der Waals surface area contributed by atoms with Crippen LogP contribution >= 0.6 is 34.7 Å². The Morgan fingerprint density at radius 2 is 2.35 bits per heavy atom. The second-order valence-corrected chi connectivity index (χ2v) is 6.63. The molecule has 0 aliphatic rings. The lowest BCUT2D eigenvalue weighted by molar-refractivity contribution is -0.115. The molecule has 0 aliphatic heterocycles. The first-order valence-electron chi connectivity index (χ1n) is 5.67. The summed E-state index contributed by atoms with van der Waals surface area (Å²) in [6, 6.07) is 5.10. The molecule has 20 heavy (non-hydrogen) atoms. The molecule has 0 spiro atoms. The number of halogens is 1. The van der Waals surface area contributed by atoms with Gasteiger partial charge >= 0.3 is 0 Å². The first-order chi connectivity index (χ1) is 9.60. The van der Waals surface area contributed by atoms with Gasteiger partial charge in [-0.25, -0.2) is 0 Å². The largest absolute Gasteiger partial charge is 0.495 e. The van der Waals surface area contributed by atoms with Gasteiger partial charge in [-0.3, -0.25) is 4.79 Å². The summed E-state index contributed by atoms with van der Waals surface area (Å²) in [4.78, 5) is 12.1. The molecule has 0 saturated carbocycles. The first-order valence-corrected chi connectivity index (χ1v) is 7.81. The Hall–Kier alpha value is -1.31. The third-order valence-corrected chi connectivity index (χ3v) is 4.61. The van der Waals surface area contributed by atoms with Crippen LogP contribution in [0.2, 0.25) is 5.02 Å². The number of hydrogen-bond acceptors (Lipinski definition) is 6. The predicted octanol–water partition coefficient (Wildman–Crippen LogP) is 3.32. The molecule has 0 aliphatic carbocycles. The number of carbonyl (C=O) groups is 1. The van der Waals surface area contributed by atoms with Crippen LogP contribution in [0.3, 0.4) is 0 Å². The number of benzene rings is 1. The summed E-state index contributed by atoms with van der Waals surface area (Å²) in [6.45, 7) is 1.81. The Bertz CT molecular complexity index is 592. The highest BCUT2D eigenvalue weighted by Gasteiger charge is 2.16. The van der Waals surface area contributed by atoms with E-state index in [1.54, 1.807) is 30.8 Å². The number of nitrogens with zero attached hydrogens (tertiary/aromatic N) is 2. The highest BCUT2D eigenvalue weighted by molar-refractivity contribution is 8.02. The molecule has 0 unspecified atom stereocenters. The standard InChI is InChI=1S/C12H12ClN3O2S2/c1-7(20-12-16-14-6-19-12)11(17)15-8-3-4-10(18-2)9(13)5-8/h3-7H,1-2H3,(H,15,17)/t7-/m1/s1. The molecule has 0 fully saturated rings. The molecule has 2 rings (SSSR count). The molecule has 1 amide bonds. The first kappa shape index (κ1) is 15.1. The zero-order valence-electron chi connectivity index (χ0n) is 10.8. The van der Waals surface area contributed by atoms with Crippen LogP contribution in [0.1, 0.15) is 6.92 Å². The van der Waals surface area contributed by atoms with Gasteiger partial charge in [0, 0.05) is 5.69 Å². The summed E-state index contributed by atoms with van der Waals surface area (Å²) in [6.07, 6.45) is 0. The van der Waals surface area contributed by atoms with E-state index in [0.29, 0.717) is 16.5 Å². The van der Waals surface area contributed by atoms with E-state index in [0.717, 1.165) is 4.34 Å². The third-order valence-electron chi connectivity index (χ3n) is 2.41. The van der Waals surface area contributed by atoms with Gasteiger partial charge < -0.3 is 10.1 Å².